The van der Waals surface area contributed by atoms with E-state index in [2.05, 4.69) is 40.0 Å². The second-order valence-corrected chi connectivity index (χ2v) is 6.15. The Bertz CT molecular complexity index is 703. The molecule has 1 fully saturated rings. The third-order valence-corrected chi connectivity index (χ3v) is 4.49. The van der Waals surface area contributed by atoms with Gasteiger partial charge < -0.3 is 4.74 Å². The Morgan fingerprint density at radius 3 is 2.92 bits per heavy atom. The molecule has 0 amide bonds. The van der Waals surface area contributed by atoms with Crippen LogP contribution in [0.25, 0.3) is 0 Å². The number of nitrogens with one attached hydrogen (secondary N) is 1. The van der Waals surface area contributed by atoms with Gasteiger partial charge in [-0.1, -0.05) is 19.1 Å². The van der Waals surface area contributed by atoms with Crippen LogP contribution in [0.2, 0.25) is 0 Å². The topological polar surface area (TPSA) is 77.8 Å². The van der Waals surface area contributed by atoms with Crippen LogP contribution in [0.4, 0.5) is 0 Å². The van der Waals surface area contributed by atoms with Crippen molar-refractivity contribution < 1.29 is 4.74 Å². The van der Waals surface area contributed by atoms with E-state index in [1.807, 2.05) is 24.3 Å². The molecule has 126 valence electrons. The Kier molecular flexibility index (Phi) is 5.24. The fourth-order valence-electron chi connectivity index (χ4n) is 3.03. The summed E-state index contributed by atoms with van der Waals surface area (Å²) in [5, 5.41) is 16.2. The van der Waals surface area contributed by atoms with E-state index in [-0.39, 0.29) is 12.1 Å². The lowest BCUT2D eigenvalue weighted by atomic mass is 10.0. The number of rotatable bonds is 5. The van der Waals surface area contributed by atoms with Crippen LogP contribution in [0, 0.1) is 11.3 Å². The summed E-state index contributed by atoms with van der Waals surface area (Å²) in [7, 11) is 0. The van der Waals surface area contributed by atoms with Gasteiger partial charge in [0, 0.05) is 25.6 Å². The van der Waals surface area contributed by atoms with Crippen LogP contribution < -0.4 is 0 Å². The molecule has 2 aromatic rings. The summed E-state index contributed by atoms with van der Waals surface area (Å²) < 4.78 is 5.88. The molecule has 0 unspecified atom stereocenters. The van der Waals surface area contributed by atoms with Crippen LogP contribution >= 0.6 is 0 Å². The molecule has 0 bridgehead atoms. The van der Waals surface area contributed by atoms with Gasteiger partial charge in [-0.3, -0.25) is 10.00 Å². The Labute approximate surface area is 142 Å². The van der Waals surface area contributed by atoms with Gasteiger partial charge in [-0.25, -0.2) is 4.98 Å². The third-order valence-electron chi connectivity index (χ3n) is 4.49. The molecular formula is C18H23N5O. The summed E-state index contributed by atoms with van der Waals surface area (Å²) in [5.41, 5.74) is 1.89. The van der Waals surface area contributed by atoms with Gasteiger partial charge in [0.05, 0.1) is 18.2 Å². The number of hydrogen-bond acceptors (Lipinski definition) is 5. The van der Waals surface area contributed by atoms with Crippen LogP contribution in [0.3, 0.4) is 0 Å². The van der Waals surface area contributed by atoms with Crippen molar-refractivity contribution in [3.05, 3.63) is 47.0 Å². The maximum Gasteiger partial charge on any atom is 0.180 e. The summed E-state index contributed by atoms with van der Waals surface area (Å²) in [6, 6.07) is 10.2. The summed E-state index contributed by atoms with van der Waals surface area (Å²) in [4.78, 5) is 6.94. The van der Waals surface area contributed by atoms with E-state index in [4.69, 9.17) is 10.00 Å². The number of nitriles is 1. The number of H-pyrrole nitrogens is 1. The van der Waals surface area contributed by atoms with Crippen molar-refractivity contribution in [2.45, 2.75) is 38.8 Å². The molecule has 3 rings (SSSR count). The van der Waals surface area contributed by atoms with Gasteiger partial charge in [0.25, 0.3) is 0 Å². The highest BCUT2D eigenvalue weighted by Crippen LogP contribution is 2.27. The van der Waals surface area contributed by atoms with Gasteiger partial charge in [-0.05, 0) is 31.0 Å². The Balaban J connectivity index is 1.68. The zero-order valence-electron chi connectivity index (χ0n) is 14.2. The normalized spacial score (nSPS) is 19.8. The number of morpholine rings is 1. The van der Waals surface area contributed by atoms with Crippen LogP contribution in [0.1, 0.15) is 55.2 Å². The van der Waals surface area contributed by atoms with Crippen molar-refractivity contribution in [2.75, 3.05) is 19.7 Å². The van der Waals surface area contributed by atoms with Gasteiger partial charge in [-0.2, -0.15) is 10.4 Å². The van der Waals surface area contributed by atoms with Gasteiger partial charge >= 0.3 is 0 Å². The first kappa shape index (κ1) is 16.6. The second-order valence-electron chi connectivity index (χ2n) is 6.15. The Morgan fingerprint density at radius 2 is 2.21 bits per heavy atom. The molecule has 6 heteroatoms. The number of aromatic nitrogens is 3. The molecule has 1 aliphatic heterocycles. The minimum absolute atomic E-state index is 0.0959. The maximum atomic E-state index is 8.92. The zero-order valence-corrected chi connectivity index (χ0v) is 14.2. The molecule has 0 saturated carbocycles. The van der Waals surface area contributed by atoms with Crippen LogP contribution in [0.15, 0.2) is 24.3 Å². The van der Waals surface area contributed by atoms with E-state index in [9.17, 15) is 0 Å². The molecular weight excluding hydrogens is 302 g/mol. The standard InChI is InChI=1S/C18H23N5O/c1-3-4-17-20-18(22-21-17)16-12-23(9-10-24-16)13(2)15-7-5-14(11-19)6-8-15/h5-8,13,16H,3-4,9-10,12H2,1-2H3,(H,20,21,22)/t13-,16-/m1/s1. The minimum Gasteiger partial charge on any atom is -0.367 e. The largest absolute Gasteiger partial charge is 0.367 e. The Hall–Kier alpha value is -2.23. The van der Waals surface area contributed by atoms with Crippen molar-refractivity contribution in [2.24, 2.45) is 0 Å². The van der Waals surface area contributed by atoms with Gasteiger partial charge in [0.1, 0.15) is 11.9 Å². The predicted molar refractivity (Wildman–Crippen MR) is 90.2 cm³/mol. The first-order chi connectivity index (χ1) is 11.7. The molecule has 0 aliphatic carbocycles. The SMILES string of the molecule is CCCc1nc([C@H]2CN([C@H](C)c3ccc(C#N)cc3)CCO2)n[nH]1. The highest BCUT2D eigenvalue weighted by Gasteiger charge is 2.28. The number of benzene rings is 1. The first-order valence-electron chi connectivity index (χ1n) is 8.48. The highest BCUT2D eigenvalue weighted by atomic mass is 16.5. The molecule has 6 nitrogen and oxygen atoms in total. The fourth-order valence-corrected chi connectivity index (χ4v) is 3.03. The Morgan fingerprint density at radius 1 is 1.42 bits per heavy atom. The molecule has 1 aromatic heterocycles. The van der Waals surface area contributed by atoms with E-state index in [0.29, 0.717) is 12.2 Å². The zero-order chi connectivity index (χ0) is 16.9. The maximum absolute atomic E-state index is 8.92. The van der Waals surface area contributed by atoms with Gasteiger partial charge in [0.2, 0.25) is 0 Å². The molecule has 0 radical (unpaired) electrons. The average Bonchev–Trinajstić information content (AvgIpc) is 3.10. The van der Waals surface area contributed by atoms with E-state index in [1.165, 1.54) is 5.56 Å². The first-order valence-corrected chi connectivity index (χ1v) is 8.48. The smallest absolute Gasteiger partial charge is 0.180 e. The van der Waals surface area contributed by atoms with Gasteiger partial charge in [0.15, 0.2) is 5.82 Å². The quantitative estimate of drug-likeness (QED) is 0.914. The fraction of sp³-hybridized carbons (Fsp3) is 0.500. The van der Waals surface area contributed by atoms with E-state index < -0.39 is 0 Å². The molecule has 2 atom stereocenters. The molecule has 2 heterocycles. The number of aryl methyl sites for hydroxylation is 1. The molecule has 1 saturated heterocycles. The monoisotopic (exact) mass is 325 g/mol. The molecule has 24 heavy (non-hydrogen) atoms. The van der Waals surface area contributed by atoms with Crippen molar-refractivity contribution in [3.63, 3.8) is 0 Å². The number of ether oxygens (including phenoxy) is 1. The molecule has 1 aliphatic rings. The second kappa shape index (κ2) is 7.56. The lowest BCUT2D eigenvalue weighted by Gasteiger charge is -2.36. The lowest BCUT2D eigenvalue weighted by molar-refractivity contribution is -0.0470. The van der Waals surface area contributed by atoms with E-state index in [0.717, 1.165) is 37.6 Å². The van der Waals surface area contributed by atoms with Gasteiger partial charge in [-0.15, -0.1) is 0 Å². The summed E-state index contributed by atoms with van der Waals surface area (Å²) in [6.07, 6.45) is 1.86. The molecule has 0 spiro atoms. The lowest BCUT2D eigenvalue weighted by Crippen LogP contribution is -2.40. The van der Waals surface area contributed by atoms with Crippen molar-refractivity contribution in [3.8, 4) is 6.07 Å². The van der Waals surface area contributed by atoms with Crippen molar-refractivity contribution in [1.29, 1.82) is 5.26 Å². The summed E-state index contributed by atoms with van der Waals surface area (Å²) in [5.74, 6) is 1.67. The minimum atomic E-state index is -0.0959. The molecule has 1 aromatic carbocycles. The number of hydrogen-bond donors (Lipinski definition) is 1. The van der Waals surface area contributed by atoms with E-state index >= 15 is 0 Å². The van der Waals surface area contributed by atoms with Crippen molar-refractivity contribution >= 4 is 0 Å². The van der Waals surface area contributed by atoms with Crippen molar-refractivity contribution in [1.82, 2.24) is 20.1 Å². The highest BCUT2D eigenvalue weighted by molar-refractivity contribution is 5.32. The average molecular weight is 325 g/mol. The predicted octanol–water partition coefficient (Wildman–Crippen LogP) is 2.76. The van der Waals surface area contributed by atoms with Crippen LogP contribution in [0.5, 0.6) is 0 Å². The number of aromatic amines is 1. The summed E-state index contributed by atoms with van der Waals surface area (Å²) >= 11 is 0. The van der Waals surface area contributed by atoms with Crippen LogP contribution in [-0.2, 0) is 11.2 Å². The molecule has 1 N–H and O–H groups in total. The van der Waals surface area contributed by atoms with Crippen LogP contribution in [-0.4, -0.2) is 39.8 Å². The number of nitrogens with zero attached hydrogens (tertiary/aromatic N) is 4. The summed E-state index contributed by atoms with van der Waals surface area (Å²) in [6.45, 7) is 6.63. The van der Waals surface area contributed by atoms with E-state index in [1.54, 1.807) is 0 Å². The third kappa shape index (κ3) is 3.64.